The first-order valence-corrected chi connectivity index (χ1v) is 12.6. The number of hydrogen-bond acceptors (Lipinski definition) is 6. The van der Waals surface area contributed by atoms with E-state index in [0.29, 0.717) is 35.6 Å². The molecule has 1 saturated heterocycles. The number of thiazole rings is 1. The molecule has 2 aromatic rings. The first kappa shape index (κ1) is 21.4. The molecule has 2 atom stereocenters. The molecule has 1 N–H and O–H groups in total. The first-order chi connectivity index (χ1) is 14.2. The van der Waals surface area contributed by atoms with Gasteiger partial charge in [-0.3, -0.25) is 10.1 Å². The van der Waals surface area contributed by atoms with E-state index in [1.165, 1.54) is 28.3 Å². The molecule has 1 fully saturated rings. The van der Waals surface area contributed by atoms with Crippen molar-refractivity contribution in [2.75, 3.05) is 32.0 Å². The fourth-order valence-electron chi connectivity index (χ4n) is 4.28. The lowest BCUT2D eigenvalue weighted by molar-refractivity contribution is 0.102. The molecule has 0 saturated carbocycles. The number of fused-ring (bicyclic) bond motifs is 1. The summed E-state index contributed by atoms with van der Waals surface area (Å²) in [5.74, 6) is 0.411. The Morgan fingerprint density at radius 1 is 1.17 bits per heavy atom. The van der Waals surface area contributed by atoms with E-state index in [9.17, 15) is 13.2 Å². The van der Waals surface area contributed by atoms with Crippen molar-refractivity contribution < 1.29 is 13.2 Å². The maximum Gasteiger partial charge on any atom is 0.257 e. The van der Waals surface area contributed by atoms with Crippen LogP contribution >= 0.6 is 11.3 Å². The maximum absolute atomic E-state index is 13.0. The number of sulfonamides is 1. The number of nitrogens with one attached hydrogen (secondary N) is 1. The van der Waals surface area contributed by atoms with E-state index < -0.39 is 10.0 Å². The molecule has 0 bridgehead atoms. The fourth-order valence-corrected chi connectivity index (χ4v) is 7.04. The number of hydrogen-bond donors (Lipinski definition) is 1. The van der Waals surface area contributed by atoms with Gasteiger partial charge in [0, 0.05) is 43.0 Å². The Balaban J connectivity index is 1.46. The summed E-state index contributed by atoms with van der Waals surface area (Å²) in [7, 11) is -1.48. The van der Waals surface area contributed by atoms with Crippen LogP contribution in [0.3, 0.4) is 0 Å². The monoisotopic (exact) mass is 448 g/mol. The van der Waals surface area contributed by atoms with E-state index >= 15 is 0 Å². The molecule has 0 aliphatic carbocycles. The summed E-state index contributed by atoms with van der Waals surface area (Å²) in [6, 6.07) is 6.19. The molecule has 1 aromatic heterocycles. The minimum Gasteiger partial charge on any atom is -0.301 e. The van der Waals surface area contributed by atoms with Gasteiger partial charge in [-0.25, -0.2) is 13.4 Å². The van der Waals surface area contributed by atoms with Gasteiger partial charge in [-0.15, -0.1) is 11.3 Å². The van der Waals surface area contributed by atoms with Crippen molar-refractivity contribution in [1.29, 1.82) is 0 Å². The first-order valence-electron chi connectivity index (χ1n) is 10.3. The molecule has 30 heavy (non-hydrogen) atoms. The maximum atomic E-state index is 13.0. The third kappa shape index (κ3) is 4.44. The molecular formula is C21H28N4O3S2. The number of benzene rings is 1. The Morgan fingerprint density at radius 3 is 2.50 bits per heavy atom. The summed E-state index contributed by atoms with van der Waals surface area (Å²) in [6.45, 7) is 7.07. The van der Waals surface area contributed by atoms with Gasteiger partial charge in [0.25, 0.3) is 5.91 Å². The van der Waals surface area contributed by atoms with Gasteiger partial charge in [-0.05, 0) is 49.6 Å². The number of nitrogens with zero attached hydrogens (tertiary/aromatic N) is 3. The number of anilines is 1. The third-order valence-electron chi connectivity index (χ3n) is 5.73. The van der Waals surface area contributed by atoms with Gasteiger partial charge in [0.2, 0.25) is 10.0 Å². The molecule has 2 aliphatic heterocycles. The van der Waals surface area contributed by atoms with Gasteiger partial charge < -0.3 is 4.90 Å². The van der Waals surface area contributed by atoms with Crippen molar-refractivity contribution in [3.63, 3.8) is 0 Å². The summed E-state index contributed by atoms with van der Waals surface area (Å²) >= 11 is 1.50. The smallest absolute Gasteiger partial charge is 0.257 e. The number of amides is 1. The molecule has 2 aliphatic rings. The molecule has 1 aromatic carbocycles. The van der Waals surface area contributed by atoms with Crippen LogP contribution in [0.25, 0.3) is 0 Å². The zero-order valence-electron chi connectivity index (χ0n) is 17.6. The standard InChI is InChI=1S/C21H28N4O3S2/c1-14-10-15(2)12-25(11-14)30(27,28)17-6-4-16(5-7-17)20(26)23-21-22-18-8-9-24(3)13-19(18)29-21/h4-7,14-15H,8-13H2,1-3H3,(H,22,23,26). The van der Waals surface area contributed by atoms with Crippen LogP contribution in [0.5, 0.6) is 0 Å². The van der Waals surface area contributed by atoms with Gasteiger partial charge in [-0.1, -0.05) is 13.8 Å². The molecule has 7 nitrogen and oxygen atoms in total. The SMILES string of the molecule is CC1CC(C)CN(S(=O)(=O)c2ccc(C(=O)Nc3nc4c(s3)CN(C)CC4)cc2)C1. The second-order valence-electron chi connectivity index (χ2n) is 8.62. The van der Waals surface area contributed by atoms with E-state index in [1.807, 2.05) is 0 Å². The number of aromatic nitrogens is 1. The highest BCUT2D eigenvalue weighted by Gasteiger charge is 2.31. The molecule has 0 radical (unpaired) electrons. The van der Waals surface area contributed by atoms with Crippen LogP contribution in [-0.4, -0.2) is 55.2 Å². The Labute approximate surface area is 182 Å². The predicted molar refractivity (Wildman–Crippen MR) is 118 cm³/mol. The van der Waals surface area contributed by atoms with Gasteiger partial charge in [-0.2, -0.15) is 4.31 Å². The van der Waals surface area contributed by atoms with Crippen molar-refractivity contribution in [2.24, 2.45) is 11.8 Å². The van der Waals surface area contributed by atoms with Gasteiger partial charge in [0.1, 0.15) is 0 Å². The summed E-state index contributed by atoms with van der Waals surface area (Å²) in [5.41, 5.74) is 1.47. The largest absolute Gasteiger partial charge is 0.301 e. The van der Waals surface area contributed by atoms with Crippen LogP contribution in [0.2, 0.25) is 0 Å². The van der Waals surface area contributed by atoms with Gasteiger partial charge in [0.05, 0.1) is 10.6 Å². The topological polar surface area (TPSA) is 82.6 Å². The molecule has 0 spiro atoms. The van der Waals surface area contributed by atoms with Crippen LogP contribution in [0.1, 0.15) is 41.2 Å². The van der Waals surface area contributed by atoms with Crippen molar-refractivity contribution in [2.45, 2.75) is 38.1 Å². The van der Waals surface area contributed by atoms with Crippen LogP contribution in [0.15, 0.2) is 29.2 Å². The Bertz CT molecular complexity index is 1020. The van der Waals surface area contributed by atoms with Crippen molar-refractivity contribution in [3.8, 4) is 0 Å². The summed E-state index contributed by atoms with van der Waals surface area (Å²) in [4.78, 5) is 20.8. The highest BCUT2D eigenvalue weighted by Crippen LogP contribution is 2.29. The zero-order chi connectivity index (χ0) is 21.5. The Kier molecular flexibility index (Phi) is 5.98. The summed E-state index contributed by atoms with van der Waals surface area (Å²) < 4.78 is 27.6. The van der Waals surface area contributed by atoms with Crippen molar-refractivity contribution in [1.82, 2.24) is 14.2 Å². The molecule has 4 rings (SSSR count). The lowest BCUT2D eigenvalue weighted by Gasteiger charge is -2.34. The second kappa shape index (κ2) is 8.37. The van der Waals surface area contributed by atoms with Crippen LogP contribution in [0.4, 0.5) is 5.13 Å². The molecule has 162 valence electrons. The molecular weight excluding hydrogens is 420 g/mol. The molecule has 1 amide bonds. The lowest BCUT2D eigenvalue weighted by Crippen LogP contribution is -2.42. The quantitative estimate of drug-likeness (QED) is 0.777. The van der Waals surface area contributed by atoms with Gasteiger partial charge in [0.15, 0.2) is 5.13 Å². The predicted octanol–water partition coefficient (Wildman–Crippen LogP) is 3.05. The number of piperidine rings is 1. The summed E-state index contributed by atoms with van der Waals surface area (Å²) in [6.07, 6.45) is 1.93. The number of likely N-dealkylation sites (N-methyl/N-ethyl adjacent to an activating group) is 1. The van der Waals surface area contributed by atoms with E-state index in [0.717, 1.165) is 31.6 Å². The number of rotatable bonds is 4. The normalized spacial score (nSPS) is 23.2. The molecule has 3 heterocycles. The summed E-state index contributed by atoms with van der Waals surface area (Å²) in [5, 5.41) is 3.44. The highest BCUT2D eigenvalue weighted by molar-refractivity contribution is 7.89. The lowest BCUT2D eigenvalue weighted by atomic mass is 9.94. The second-order valence-corrected chi connectivity index (χ2v) is 11.6. The van der Waals surface area contributed by atoms with E-state index in [2.05, 4.69) is 36.1 Å². The Morgan fingerprint density at radius 2 is 1.83 bits per heavy atom. The van der Waals surface area contributed by atoms with Crippen molar-refractivity contribution >= 4 is 32.4 Å². The average molecular weight is 449 g/mol. The Hall–Kier alpha value is -1.81. The minimum absolute atomic E-state index is 0.230. The fraction of sp³-hybridized carbons (Fsp3) is 0.524. The number of carbonyl (C=O) groups excluding carboxylic acids is 1. The van der Waals surface area contributed by atoms with Crippen LogP contribution in [-0.2, 0) is 23.0 Å². The highest BCUT2D eigenvalue weighted by atomic mass is 32.2. The van der Waals surface area contributed by atoms with E-state index in [-0.39, 0.29) is 10.8 Å². The third-order valence-corrected chi connectivity index (χ3v) is 8.58. The van der Waals surface area contributed by atoms with Gasteiger partial charge >= 0.3 is 0 Å². The van der Waals surface area contributed by atoms with Crippen LogP contribution < -0.4 is 5.32 Å². The van der Waals surface area contributed by atoms with Crippen molar-refractivity contribution in [3.05, 3.63) is 40.4 Å². The zero-order valence-corrected chi connectivity index (χ0v) is 19.2. The van der Waals surface area contributed by atoms with Crippen LogP contribution in [0, 0.1) is 11.8 Å². The minimum atomic E-state index is -3.55. The van der Waals surface area contributed by atoms with E-state index in [4.69, 9.17) is 0 Å². The average Bonchev–Trinajstić information content (AvgIpc) is 3.08. The molecule has 9 heteroatoms. The number of carbonyl (C=O) groups is 1. The molecule has 2 unspecified atom stereocenters. The van der Waals surface area contributed by atoms with E-state index in [1.54, 1.807) is 16.4 Å².